The van der Waals surface area contributed by atoms with Gasteiger partial charge in [-0.1, -0.05) is 54.6 Å². The SMILES string of the molecule is CC(=O)Oc1ccc(C=O)c(COc2c(C)cccc2C)c1.c1ccccc1. The molecule has 28 heavy (non-hydrogen) atoms. The highest BCUT2D eigenvalue weighted by Gasteiger charge is 2.09. The lowest BCUT2D eigenvalue weighted by Gasteiger charge is -2.13. The highest BCUT2D eigenvalue weighted by Crippen LogP contribution is 2.25. The Kier molecular flexibility index (Phi) is 7.97. The van der Waals surface area contributed by atoms with Crippen molar-refractivity contribution in [1.82, 2.24) is 0 Å². The minimum Gasteiger partial charge on any atom is -0.488 e. The fourth-order valence-electron chi connectivity index (χ4n) is 2.61. The molecule has 4 nitrogen and oxygen atoms in total. The third-order valence-corrected chi connectivity index (χ3v) is 3.95. The van der Waals surface area contributed by atoms with E-state index in [1.54, 1.807) is 18.2 Å². The van der Waals surface area contributed by atoms with Crippen LogP contribution in [0.5, 0.6) is 11.5 Å². The molecule has 3 rings (SSSR count). The molecule has 0 aromatic heterocycles. The zero-order valence-electron chi connectivity index (χ0n) is 16.3. The minimum absolute atomic E-state index is 0.231. The van der Waals surface area contributed by atoms with Crippen molar-refractivity contribution in [3.8, 4) is 11.5 Å². The standard InChI is InChI=1S/C18H18O4.C6H6/c1-12-5-4-6-13(2)18(12)21-11-16-9-17(22-14(3)20)8-7-15(16)10-19;1-2-4-6-5-3-1/h4-10H,11H2,1-3H3;1-6H. The number of hydrogen-bond acceptors (Lipinski definition) is 4. The minimum atomic E-state index is -0.402. The summed E-state index contributed by atoms with van der Waals surface area (Å²) in [5, 5.41) is 0. The molecule has 0 radical (unpaired) electrons. The van der Waals surface area contributed by atoms with E-state index in [1.165, 1.54) is 6.92 Å². The first-order valence-corrected chi connectivity index (χ1v) is 8.97. The van der Waals surface area contributed by atoms with Gasteiger partial charge in [0.2, 0.25) is 0 Å². The Bertz CT molecular complexity index is 870. The highest BCUT2D eigenvalue weighted by molar-refractivity contribution is 5.78. The van der Waals surface area contributed by atoms with Crippen LogP contribution in [-0.4, -0.2) is 12.3 Å². The Hall–Kier alpha value is -3.40. The van der Waals surface area contributed by atoms with E-state index in [2.05, 4.69) is 0 Å². The zero-order valence-corrected chi connectivity index (χ0v) is 16.3. The van der Waals surface area contributed by atoms with Crippen LogP contribution in [0.4, 0.5) is 0 Å². The Morgan fingerprint density at radius 3 is 1.96 bits per heavy atom. The van der Waals surface area contributed by atoms with Crippen LogP contribution >= 0.6 is 0 Å². The number of carbonyl (C=O) groups is 2. The highest BCUT2D eigenvalue weighted by atomic mass is 16.5. The van der Waals surface area contributed by atoms with Crippen molar-refractivity contribution in [2.45, 2.75) is 27.4 Å². The number of hydrogen-bond donors (Lipinski definition) is 0. The quantitative estimate of drug-likeness (QED) is 0.344. The number of rotatable bonds is 5. The van der Waals surface area contributed by atoms with Crippen LogP contribution in [0.1, 0.15) is 34.0 Å². The van der Waals surface area contributed by atoms with Gasteiger partial charge in [-0.2, -0.15) is 0 Å². The maximum Gasteiger partial charge on any atom is 0.308 e. The van der Waals surface area contributed by atoms with Gasteiger partial charge in [0.05, 0.1) is 0 Å². The summed E-state index contributed by atoms with van der Waals surface area (Å²) in [7, 11) is 0. The molecular weight excluding hydrogens is 352 g/mol. The van der Waals surface area contributed by atoms with Gasteiger partial charge in [0.1, 0.15) is 24.4 Å². The van der Waals surface area contributed by atoms with Crippen LogP contribution < -0.4 is 9.47 Å². The Morgan fingerprint density at radius 2 is 1.46 bits per heavy atom. The molecule has 0 saturated carbocycles. The van der Waals surface area contributed by atoms with E-state index < -0.39 is 5.97 Å². The Balaban J connectivity index is 0.000000397. The second-order valence-electron chi connectivity index (χ2n) is 6.24. The summed E-state index contributed by atoms with van der Waals surface area (Å²) in [6, 6.07) is 22.8. The van der Waals surface area contributed by atoms with E-state index in [4.69, 9.17) is 9.47 Å². The average molecular weight is 376 g/mol. The molecule has 3 aromatic carbocycles. The topological polar surface area (TPSA) is 52.6 Å². The fourth-order valence-corrected chi connectivity index (χ4v) is 2.61. The number of esters is 1. The largest absolute Gasteiger partial charge is 0.488 e. The lowest BCUT2D eigenvalue weighted by atomic mass is 10.1. The molecule has 0 N–H and O–H groups in total. The lowest BCUT2D eigenvalue weighted by Crippen LogP contribution is -2.05. The van der Waals surface area contributed by atoms with E-state index in [0.717, 1.165) is 23.2 Å². The molecule has 0 saturated heterocycles. The molecule has 0 bridgehead atoms. The first-order valence-electron chi connectivity index (χ1n) is 8.97. The molecule has 0 atom stereocenters. The summed E-state index contributed by atoms with van der Waals surface area (Å²) in [5.41, 5.74) is 3.26. The zero-order chi connectivity index (χ0) is 20.4. The van der Waals surface area contributed by atoms with Gasteiger partial charge in [-0.3, -0.25) is 9.59 Å². The van der Waals surface area contributed by atoms with Crippen LogP contribution in [0.2, 0.25) is 0 Å². The maximum absolute atomic E-state index is 11.1. The van der Waals surface area contributed by atoms with Crippen molar-refractivity contribution in [3.05, 3.63) is 95.1 Å². The van der Waals surface area contributed by atoms with E-state index in [0.29, 0.717) is 16.9 Å². The van der Waals surface area contributed by atoms with Crippen molar-refractivity contribution in [1.29, 1.82) is 0 Å². The Morgan fingerprint density at radius 1 is 0.893 bits per heavy atom. The van der Waals surface area contributed by atoms with E-state index in [-0.39, 0.29) is 6.61 Å². The molecule has 0 spiro atoms. The van der Waals surface area contributed by atoms with Gasteiger partial charge >= 0.3 is 5.97 Å². The number of ether oxygens (including phenoxy) is 2. The molecule has 0 fully saturated rings. The molecule has 0 unspecified atom stereocenters. The molecule has 0 aliphatic rings. The van der Waals surface area contributed by atoms with Gasteiger partial charge in [-0.15, -0.1) is 0 Å². The molecule has 0 aliphatic carbocycles. The van der Waals surface area contributed by atoms with Gasteiger partial charge in [-0.25, -0.2) is 0 Å². The van der Waals surface area contributed by atoms with Crippen LogP contribution in [0.15, 0.2) is 72.8 Å². The Labute approximate surface area is 165 Å². The summed E-state index contributed by atoms with van der Waals surface area (Å²) in [6.07, 6.45) is 0.765. The van der Waals surface area contributed by atoms with Crippen LogP contribution in [0.25, 0.3) is 0 Å². The second kappa shape index (κ2) is 10.7. The lowest BCUT2D eigenvalue weighted by molar-refractivity contribution is -0.131. The molecule has 0 amide bonds. The number of para-hydroxylation sites is 1. The van der Waals surface area contributed by atoms with Crippen molar-refractivity contribution >= 4 is 12.3 Å². The molecule has 4 heteroatoms. The van der Waals surface area contributed by atoms with Crippen LogP contribution in [0, 0.1) is 13.8 Å². The number of benzene rings is 3. The van der Waals surface area contributed by atoms with Gasteiger partial charge in [0, 0.05) is 18.1 Å². The average Bonchev–Trinajstić information content (AvgIpc) is 2.69. The summed E-state index contributed by atoms with van der Waals surface area (Å²) in [4.78, 5) is 22.2. The summed E-state index contributed by atoms with van der Waals surface area (Å²) in [5.74, 6) is 0.802. The number of carbonyl (C=O) groups excluding carboxylic acids is 2. The van der Waals surface area contributed by atoms with Crippen LogP contribution in [-0.2, 0) is 11.4 Å². The normalized spacial score (nSPS) is 9.68. The smallest absolute Gasteiger partial charge is 0.308 e. The maximum atomic E-state index is 11.1. The van der Waals surface area contributed by atoms with Crippen molar-refractivity contribution in [2.24, 2.45) is 0 Å². The predicted octanol–water partition coefficient (Wildman–Crippen LogP) is 5.31. The predicted molar refractivity (Wildman–Crippen MR) is 110 cm³/mol. The van der Waals surface area contributed by atoms with Crippen molar-refractivity contribution in [3.63, 3.8) is 0 Å². The summed E-state index contributed by atoms with van der Waals surface area (Å²) < 4.78 is 10.9. The van der Waals surface area contributed by atoms with Gasteiger partial charge in [0.15, 0.2) is 0 Å². The third-order valence-electron chi connectivity index (χ3n) is 3.95. The molecular formula is C24H24O4. The molecule has 0 heterocycles. The van der Waals surface area contributed by atoms with E-state index >= 15 is 0 Å². The second-order valence-corrected chi connectivity index (χ2v) is 6.24. The first kappa shape index (κ1) is 20.9. The van der Waals surface area contributed by atoms with Crippen molar-refractivity contribution < 1.29 is 19.1 Å². The van der Waals surface area contributed by atoms with E-state index in [9.17, 15) is 9.59 Å². The monoisotopic (exact) mass is 376 g/mol. The van der Waals surface area contributed by atoms with Gasteiger partial charge in [0.25, 0.3) is 0 Å². The molecule has 144 valence electrons. The van der Waals surface area contributed by atoms with E-state index in [1.807, 2.05) is 68.4 Å². The molecule has 0 aliphatic heterocycles. The first-order chi connectivity index (χ1) is 13.5. The third kappa shape index (κ3) is 6.40. The van der Waals surface area contributed by atoms with Gasteiger partial charge < -0.3 is 9.47 Å². The fraction of sp³-hybridized carbons (Fsp3) is 0.167. The van der Waals surface area contributed by atoms with Gasteiger partial charge in [-0.05, 0) is 43.2 Å². The number of aldehydes is 1. The summed E-state index contributed by atoms with van der Waals surface area (Å²) >= 11 is 0. The number of aryl methyl sites for hydroxylation is 2. The van der Waals surface area contributed by atoms with Crippen LogP contribution in [0.3, 0.4) is 0 Å². The molecule has 3 aromatic rings. The van der Waals surface area contributed by atoms with Crippen molar-refractivity contribution in [2.75, 3.05) is 0 Å². The summed E-state index contributed by atoms with van der Waals surface area (Å²) in [6.45, 7) is 5.51.